The van der Waals surface area contributed by atoms with Crippen molar-refractivity contribution in [2.75, 3.05) is 25.6 Å². The van der Waals surface area contributed by atoms with Crippen molar-refractivity contribution in [3.63, 3.8) is 0 Å². The molecule has 1 rings (SSSR count). The van der Waals surface area contributed by atoms with E-state index in [9.17, 15) is 0 Å². The monoisotopic (exact) mass is 209 g/mol. The number of hydrogen-bond donors (Lipinski definition) is 1. The number of aromatic nitrogens is 1. The Bertz CT molecular complexity index is 284. The zero-order valence-electron chi connectivity index (χ0n) is 9.60. The standard InChI is InChI=1S/C11H19N3O/c1-9(12)6-7-14(2)11-5-4-10(15-3)8-13-11/h4-5,8-9H,6-7,12H2,1-3H3. The lowest BCUT2D eigenvalue weighted by molar-refractivity contribution is 0.413. The number of hydrogen-bond acceptors (Lipinski definition) is 4. The van der Waals surface area contributed by atoms with Gasteiger partial charge in [0.1, 0.15) is 11.6 Å². The van der Waals surface area contributed by atoms with Gasteiger partial charge in [-0.15, -0.1) is 0 Å². The Kier molecular flexibility index (Phi) is 4.37. The third-order valence-electron chi connectivity index (χ3n) is 2.27. The summed E-state index contributed by atoms with van der Waals surface area (Å²) in [5, 5.41) is 0. The van der Waals surface area contributed by atoms with Crippen molar-refractivity contribution in [3.05, 3.63) is 18.3 Å². The molecule has 0 saturated heterocycles. The quantitative estimate of drug-likeness (QED) is 0.793. The van der Waals surface area contributed by atoms with E-state index in [0.717, 1.165) is 24.5 Å². The van der Waals surface area contributed by atoms with Crippen LogP contribution in [0.15, 0.2) is 18.3 Å². The summed E-state index contributed by atoms with van der Waals surface area (Å²) in [5.74, 6) is 1.72. The number of anilines is 1. The number of methoxy groups -OCH3 is 1. The van der Waals surface area contributed by atoms with Crippen LogP contribution in [0, 0.1) is 0 Å². The van der Waals surface area contributed by atoms with Crippen LogP contribution in [0.3, 0.4) is 0 Å². The van der Waals surface area contributed by atoms with Gasteiger partial charge in [-0.3, -0.25) is 0 Å². The molecule has 0 aromatic carbocycles. The molecule has 2 N–H and O–H groups in total. The summed E-state index contributed by atoms with van der Waals surface area (Å²) in [6.45, 7) is 2.92. The van der Waals surface area contributed by atoms with Gasteiger partial charge >= 0.3 is 0 Å². The van der Waals surface area contributed by atoms with E-state index in [4.69, 9.17) is 10.5 Å². The van der Waals surface area contributed by atoms with Crippen molar-refractivity contribution >= 4 is 5.82 Å². The average Bonchev–Trinajstić information content (AvgIpc) is 2.26. The molecule has 15 heavy (non-hydrogen) atoms. The molecule has 1 aromatic heterocycles. The van der Waals surface area contributed by atoms with E-state index >= 15 is 0 Å². The molecule has 84 valence electrons. The second-order valence-corrected chi connectivity index (χ2v) is 3.74. The first-order chi connectivity index (χ1) is 7.13. The van der Waals surface area contributed by atoms with Crippen molar-refractivity contribution < 1.29 is 4.74 Å². The van der Waals surface area contributed by atoms with Gasteiger partial charge in [0.25, 0.3) is 0 Å². The van der Waals surface area contributed by atoms with Crippen molar-refractivity contribution in [2.24, 2.45) is 5.73 Å². The highest BCUT2D eigenvalue weighted by molar-refractivity contribution is 5.39. The van der Waals surface area contributed by atoms with Gasteiger partial charge in [-0.2, -0.15) is 0 Å². The van der Waals surface area contributed by atoms with Gasteiger partial charge in [0.15, 0.2) is 0 Å². The molecule has 0 amide bonds. The van der Waals surface area contributed by atoms with Crippen LogP contribution < -0.4 is 15.4 Å². The van der Waals surface area contributed by atoms with E-state index in [2.05, 4.69) is 9.88 Å². The zero-order chi connectivity index (χ0) is 11.3. The maximum absolute atomic E-state index is 5.70. The maximum Gasteiger partial charge on any atom is 0.137 e. The minimum absolute atomic E-state index is 0.227. The molecule has 1 unspecified atom stereocenters. The Balaban J connectivity index is 2.54. The molecular formula is C11H19N3O. The van der Waals surface area contributed by atoms with E-state index in [1.165, 1.54) is 0 Å². The zero-order valence-corrected chi connectivity index (χ0v) is 9.60. The molecule has 0 saturated carbocycles. The third kappa shape index (κ3) is 3.75. The lowest BCUT2D eigenvalue weighted by atomic mass is 10.2. The van der Waals surface area contributed by atoms with Crippen molar-refractivity contribution in [2.45, 2.75) is 19.4 Å². The molecule has 0 radical (unpaired) electrons. The maximum atomic E-state index is 5.70. The molecule has 0 bridgehead atoms. The van der Waals surface area contributed by atoms with Gasteiger partial charge < -0.3 is 15.4 Å². The molecule has 0 fully saturated rings. The van der Waals surface area contributed by atoms with Crippen LogP contribution in [0.25, 0.3) is 0 Å². The van der Waals surface area contributed by atoms with Crippen LogP contribution in [0.1, 0.15) is 13.3 Å². The second-order valence-electron chi connectivity index (χ2n) is 3.74. The summed E-state index contributed by atoms with van der Waals surface area (Å²) in [4.78, 5) is 6.37. The Hall–Kier alpha value is -1.29. The first-order valence-corrected chi connectivity index (χ1v) is 5.10. The highest BCUT2D eigenvalue weighted by atomic mass is 16.5. The van der Waals surface area contributed by atoms with Crippen LogP contribution in [0.2, 0.25) is 0 Å². The summed E-state index contributed by atoms with van der Waals surface area (Å²) in [6.07, 6.45) is 2.68. The lowest BCUT2D eigenvalue weighted by Gasteiger charge is -2.19. The smallest absolute Gasteiger partial charge is 0.137 e. The number of nitrogens with two attached hydrogens (primary N) is 1. The molecular weight excluding hydrogens is 190 g/mol. The first-order valence-electron chi connectivity index (χ1n) is 5.10. The molecule has 1 heterocycles. The molecule has 0 aliphatic carbocycles. The summed E-state index contributed by atoms with van der Waals surface area (Å²) in [7, 11) is 3.65. The molecule has 4 nitrogen and oxygen atoms in total. The fraction of sp³-hybridized carbons (Fsp3) is 0.545. The average molecular weight is 209 g/mol. The van der Waals surface area contributed by atoms with Crippen molar-refractivity contribution in [3.8, 4) is 5.75 Å². The minimum Gasteiger partial charge on any atom is -0.495 e. The Morgan fingerprint density at radius 1 is 1.53 bits per heavy atom. The van der Waals surface area contributed by atoms with Gasteiger partial charge in [0.2, 0.25) is 0 Å². The van der Waals surface area contributed by atoms with Gasteiger partial charge in [0.05, 0.1) is 13.3 Å². The van der Waals surface area contributed by atoms with Crippen LogP contribution >= 0.6 is 0 Å². The van der Waals surface area contributed by atoms with Crippen molar-refractivity contribution in [1.29, 1.82) is 0 Å². The predicted molar refractivity (Wildman–Crippen MR) is 62.3 cm³/mol. The highest BCUT2D eigenvalue weighted by Gasteiger charge is 2.03. The molecule has 4 heteroatoms. The first kappa shape index (κ1) is 11.8. The highest BCUT2D eigenvalue weighted by Crippen LogP contribution is 2.14. The van der Waals surface area contributed by atoms with Crippen LogP contribution in [0.4, 0.5) is 5.82 Å². The van der Waals surface area contributed by atoms with Crippen LogP contribution in [0.5, 0.6) is 5.75 Å². The fourth-order valence-corrected chi connectivity index (χ4v) is 1.23. The van der Waals surface area contributed by atoms with Gasteiger partial charge in [-0.25, -0.2) is 4.98 Å². The van der Waals surface area contributed by atoms with Crippen LogP contribution in [-0.4, -0.2) is 31.7 Å². The van der Waals surface area contributed by atoms with Gasteiger partial charge in [0, 0.05) is 19.6 Å². The second kappa shape index (κ2) is 5.56. The van der Waals surface area contributed by atoms with E-state index in [1.807, 2.05) is 26.1 Å². The van der Waals surface area contributed by atoms with E-state index < -0.39 is 0 Å². The van der Waals surface area contributed by atoms with Gasteiger partial charge in [-0.05, 0) is 25.5 Å². The Morgan fingerprint density at radius 2 is 2.27 bits per heavy atom. The molecule has 0 aliphatic heterocycles. The Morgan fingerprint density at radius 3 is 2.73 bits per heavy atom. The number of ether oxygens (including phenoxy) is 1. The normalized spacial score (nSPS) is 12.3. The summed E-state index contributed by atoms with van der Waals surface area (Å²) in [5.41, 5.74) is 5.70. The fourth-order valence-electron chi connectivity index (χ4n) is 1.23. The summed E-state index contributed by atoms with van der Waals surface area (Å²) >= 11 is 0. The largest absolute Gasteiger partial charge is 0.495 e. The van der Waals surface area contributed by atoms with E-state index in [0.29, 0.717) is 0 Å². The topological polar surface area (TPSA) is 51.4 Å². The molecule has 0 aliphatic rings. The lowest BCUT2D eigenvalue weighted by Crippen LogP contribution is -2.26. The molecule has 1 aromatic rings. The van der Waals surface area contributed by atoms with E-state index in [1.54, 1.807) is 13.3 Å². The number of pyridine rings is 1. The minimum atomic E-state index is 0.227. The molecule has 1 atom stereocenters. The van der Waals surface area contributed by atoms with Crippen LogP contribution in [-0.2, 0) is 0 Å². The van der Waals surface area contributed by atoms with E-state index in [-0.39, 0.29) is 6.04 Å². The summed E-state index contributed by atoms with van der Waals surface area (Å²) in [6, 6.07) is 4.08. The number of nitrogens with zero attached hydrogens (tertiary/aromatic N) is 2. The summed E-state index contributed by atoms with van der Waals surface area (Å²) < 4.78 is 5.05. The molecule has 0 spiro atoms. The third-order valence-corrected chi connectivity index (χ3v) is 2.27. The number of rotatable bonds is 5. The predicted octanol–water partition coefficient (Wildman–Crippen LogP) is 1.26. The Labute approximate surface area is 91.1 Å². The van der Waals surface area contributed by atoms with Crippen molar-refractivity contribution in [1.82, 2.24) is 4.98 Å². The SMILES string of the molecule is COc1ccc(N(C)CCC(C)N)nc1. The van der Waals surface area contributed by atoms with Gasteiger partial charge in [-0.1, -0.05) is 0 Å².